The second-order valence-corrected chi connectivity index (χ2v) is 5.90. The van der Waals surface area contributed by atoms with Gasteiger partial charge in [0.1, 0.15) is 0 Å². The fourth-order valence-corrected chi connectivity index (χ4v) is 3.13. The Morgan fingerprint density at radius 1 is 1.04 bits per heavy atom. The van der Waals surface area contributed by atoms with Crippen LogP contribution in [0.15, 0.2) is 48.5 Å². The molecule has 6 nitrogen and oxygen atoms in total. The normalized spacial score (nSPS) is 13.6. The molecule has 0 atom stereocenters. The van der Waals surface area contributed by atoms with Gasteiger partial charge < -0.3 is 4.90 Å². The van der Waals surface area contributed by atoms with Crippen LogP contribution in [0.3, 0.4) is 0 Å². The quantitative estimate of drug-likeness (QED) is 0.726. The zero-order valence-electron chi connectivity index (χ0n) is 13.4. The Balaban J connectivity index is 1.68. The number of aromatic nitrogens is 4. The van der Waals surface area contributed by atoms with E-state index in [1.54, 1.807) is 4.68 Å². The molecule has 0 fully saturated rings. The van der Waals surface area contributed by atoms with E-state index in [0.29, 0.717) is 23.6 Å². The number of tetrazole rings is 1. The van der Waals surface area contributed by atoms with Crippen molar-refractivity contribution in [1.82, 2.24) is 25.1 Å². The molecule has 0 bridgehead atoms. The fraction of sp³-hybridized carbons (Fsp3) is 0.222. The minimum absolute atomic E-state index is 0.00926. The summed E-state index contributed by atoms with van der Waals surface area (Å²) in [6, 6.07) is 15.7. The molecule has 1 aromatic heterocycles. The predicted molar refractivity (Wildman–Crippen MR) is 88.8 cm³/mol. The smallest absolute Gasteiger partial charge is 0.256 e. The van der Waals surface area contributed by atoms with Gasteiger partial charge in [-0.3, -0.25) is 4.79 Å². The number of hydrogen-bond acceptors (Lipinski definition) is 4. The number of carbonyl (C=O) groups excluding carboxylic acids is 1. The van der Waals surface area contributed by atoms with Gasteiger partial charge in [0.25, 0.3) is 5.91 Å². The Morgan fingerprint density at radius 2 is 1.79 bits per heavy atom. The van der Waals surface area contributed by atoms with Gasteiger partial charge in [0, 0.05) is 13.1 Å². The number of rotatable bonds is 2. The van der Waals surface area contributed by atoms with Gasteiger partial charge in [-0.15, -0.1) is 5.10 Å². The minimum atomic E-state index is 0.00926. The van der Waals surface area contributed by atoms with E-state index in [-0.39, 0.29) is 5.91 Å². The molecule has 1 aliphatic rings. The van der Waals surface area contributed by atoms with Gasteiger partial charge in [-0.25, -0.2) is 0 Å². The van der Waals surface area contributed by atoms with Crippen LogP contribution >= 0.6 is 0 Å². The van der Waals surface area contributed by atoms with E-state index in [1.807, 2.05) is 48.2 Å². The molecule has 4 rings (SSSR count). The molecule has 0 unspecified atom stereocenters. The molecule has 0 N–H and O–H groups in total. The summed E-state index contributed by atoms with van der Waals surface area (Å²) in [5.41, 5.74) is 3.87. The molecule has 2 heterocycles. The van der Waals surface area contributed by atoms with Crippen molar-refractivity contribution in [2.45, 2.75) is 19.9 Å². The van der Waals surface area contributed by atoms with Crippen molar-refractivity contribution in [2.24, 2.45) is 0 Å². The number of carbonyl (C=O) groups is 1. The fourth-order valence-electron chi connectivity index (χ4n) is 3.13. The molecule has 1 aliphatic heterocycles. The molecule has 1 amide bonds. The number of fused-ring (bicyclic) bond motifs is 1. The van der Waals surface area contributed by atoms with Crippen molar-refractivity contribution in [3.63, 3.8) is 0 Å². The lowest BCUT2D eigenvalue weighted by Crippen LogP contribution is -2.36. The van der Waals surface area contributed by atoms with E-state index in [2.05, 4.69) is 27.7 Å². The average molecular weight is 319 g/mol. The Bertz CT molecular complexity index is 902. The maximum atomic E-state index is 13.1. The minimum Gasteiger partial charge on any atom is -0.334 e. The Morgan fingerprint density at radius 3 is 2.58 bits per heavy atom. The third-order valence-electron chi connectivity index (χ3n) is 4.41. The lowest BCUT2D eigenvalue weighted by molar-refractivity contribution is 0.0734. The van der Waals surface area contributed by atoms with E-state index in [4.69, 9.17) is 0 Å². The summed E-state index contributed by atoms with van der Waals surface area (Å²) in [6.45, 7) is 3.18. The lowest BCUT2D eigenvalue weighted by atomic mass is 9.99. The molecule has 2 aromatic carbocycles. The summed E-state index contributed by atoms with van der Waals surface area (Å²) in [7, 11) is 0. The maximum absolute atomic E-state index is 13.1. The first-order valence-electron chi connectivity index (χ1n) is 7.94. The molecule has 0 saturated carbocycles. The Hall–Kier alpha value is -3.02. The third kappa shape index (κ3) is 2.46. The average Bonchev–Trinajstić information content (AvgIpc) is 3.06. The Kier molecular flexibility index (Phi) is 3.57. The lowest BCUT2D eigenvalue weighted by Gasteiger charge is -2.29. The van der Waals surface area contributed by atoms with Crippen molar-refractivity contribution < 1.29 is 4.79 Å². The van der Waals surface area contributed by atoms with Crippen LogP contribution in [0.5, 0.6) is 0 Å². The molecule has 3 aromatic rings. The summed E-state index contributed by atoms with van der Waals surface area (Å²) < 4.78 is 1.60. The SMILES string of the molecule is Cc1nnnn1-c1ccccc1C(=O)N1CCc2ccccc2C1. The summed E-state index contributed by atoms with van der Waals surface area (Å²) in [4.78, 5) is 15.0. The molecule has 6 heteroatoms. The van der Waals surface area contributed by atoms with Gasteiger partial charge in [0.2, 0.25) is 0 Å². The van der Waals surface area contributed by atoms with Crippen LogP contribution in [-0.2, 0) is 13.0 Å². The van der Waals surface area contributed by atoms with Gasteiger partial charge in [-0.1, -0.05) is 36.4 Å². The van der Waals surface area contributed by atoms with Crippen LogP contribution < -0.4 is 0 Å². The predicted octanol–water partition coefficient (Wildman–Crippen LogP) is 2.17. The van der Waals surface area contributed by atoms with Gasteiger partial charge in [0.05, 0.1) is 11.3 Å². The van der Waals surface area contributed by atoms with Gasteiger partial charge in [-0.05, 0) is 47.0 Å². The largest absolute Gasteiger partial charge is 0.334 e. The summed E-state index contributed by atoms with van der Waals surface area (Å²) in [5.74, 6) is 0.661. The second kappa shape index (κ2) is 5.88. The van der Waals surface area contributed by atoms with Crippen molar-refractivity contribution >= 4 is 5.91 Å². The summed E-state index contributed by atoms with van der Waals surface area (Å²) in [5, 5.41) is 11.6. The number of nitrogens with zero attached hydrogens (tertiary/aromatic N) is 5. The van der Waals surface area contributed by atoms with E-state index in [9.17, 15) is 4.79 Å². The van der Waals surface area contributed by atoms with Crippen LogP contribution in [0.25, 0.3) is 5.69 Å². The highest BCUT2D eigenvalue weighted by Gasteiger charge is 2.24. The van der Waals surface area contributed by atoms with E-state index < -0.39 is 0 Å². The zero-order chi connectivity index (χ0) is 16.5. The first-order chi connectivity index (χ1) is 11.7. The highest BCUT2D eigenvalue weighted by Crippen LogP contribution is 2.22. The highest BCUT2D eigenvalue weighted by atomic mass is 16.2. The first-order valence-corrected chi connectivity index (χ1v) is 7.94. The maximum Gasteiger partial charge on any atom is 0.256 e. The number of benzene rings is 2. The van der Waals surface area contributed by atoms with Crippen LogP contribution in [0.4, 0.5) is 0 Å². The number of amides is 1. The van der Waals surface area contributed by atoms with Crippen LogP contribution in [0.1, 0.15) is 27.3 Å². The zero-order valence-corrected chi connectivity index (χ0v) is 13.4. The van der Waals surface area contributed by atoms with Crippen LogP contribution in [0, 0.1) is 6.92 Å². The van der Waals surface area contributed by atoms with E-state index in [0.717, 1.165) is 13.0 Å². The molecular weight excluding hydrogens is 302 g/mol. The van der Waals surface area contributed by atoms with Gasteiger partial charge >= 0.3 is 0 Å². The van der Waals surface area contributed by atoms with Crippen LogP contribution in [-0.4, -0.2) is 37.6 Å². The highest BCUT2D eigenvalue weighted by molar-refractivity contribution is 5.97. The van der Waals surface area contributed by atoms with E-state index >= 15 is 0 Å². The number of hydrogen-bond donors (Lipinski definition) is 0. The Labute approximate surface area is 139 Å². The van der Waals surface area contributed by atoms with Crippen molar-refractivity contribution in [2.75, 3.05) is 6.54 Å². The standard InChI is InChI=1S/C18H17N5O/c1-13-19-20-21-23(13)17-9-5-4-8-16(17)18(24)22-11-10-14-6-2-3-7-15(14)12-22/h2-9H,10-12H2,1H3. The molecule has 0 spiro atoms. The van der Waals surface area contributed by atoms with E-state index in [1.165, 1.54) is 11.1 Å². The molecule has 24 heavy (non-hydrogen) atoms. The molecule has 0 saturated heterocycles. The molecule has 0 aliphatic carbocycles. The number of para-hydroxylation sites is 1. The summed E-state index contributed by atoms with van der Waals surface area (Å²) >= 11 is 0. The third-order valence-corrected chi connectivity index (χ3v) is 4.41. The van der Waals surface area contributed by atoms with Crippen molar-refractivity contribution in [3.05, 3.63) is 71.0 Å². The topological polar surface area (TPSA) is 63.9 Å². The van der Waals surface area contributed by atoms with Gasteiger partial charge in [-0.2, -0.15) is 4.68 Å². The second-order valence-electron chi connectivity index (χ2n) is 5.90. The van der Waals surface area contributed by atoms with Crippen molar-refractivity contribution in [3.8, 4) is 5.69 Å². The molecular formula is C18H17N5O. The number of aryl methyl sites for hydroxylation is 1. The molecule has 120 valence electrons. The monoisotopic (exact) mass is 319 g/mol. The van der Waals surface area contributed by atoms with Crippen LogP contribution in [0.2, 0.25) is 0 Å². The molecule has 0 radical (unpaired) electrons. The van der Waals surface area contributed by atoms with Gasteiger partial charge in [0.15, 0.2) is 5.82 Å². The summed E-state index contributed by atoms with van der Waals surface area (Å²) in [6.07, 6.45) is 0.883. The van der Waals surface area contributed by atoms with Crippen molar-refractivity contribution in [1.29, 1.82) is 0 Å². The first kappa shape index (κ1) is 14.6.